The van der Waals surface area contributed by atoms with Crippen LogP contribution in [0.25, 0.3) is 11.0 Å². The van der Waals surface area contributed by atoms with Crippen molar-refractivity contribution < 1.29 is 18.7 Å². The third-order valence-electron chi connectivity index (χ3n) is 5.37. The Morgan fingerprint density at radius 3 is 2.29 bits per heavy atom. The molecule has 1 atom stereocenters. The van der Waals surface area contributed by atoms with Gasteiger partial charge in [-0.2, -0.15) is 0 Å². The number of furan rings is 1. The first-order valence-electron chi connectivity index (χ1n) is 10.1. The van der Waals surface area contributed by atoms with E-state index >= 15 is 0 Å². The zero-order chi connectivity index (χ0) is 21.1. The van der Waals surface area contributed by atoms with E-state index in [1.807, 2.05) is 33.8 Å². The number of methoxy groups -OCH3 is 1. The Hall–Kier alpha value is -2.30. The molecule has 0 saturated heterocycles. The van der Waals surface area contributed by atoms with Crippen molar-refractivity contribution >= 4 is 22.7 Å². The second kappa shape index (κ2) is 8.38. The maximum Gasteiger partial charge on any atom is 0.228 e. The van der Waals surface area contributed by atoms with Crippen LogP contribution < -0.4 is 10.5 Å². The van der Waals surface area contributed by atoms with Gasteiger partial charge in [-0.3, -0.25) is 9.59 Å². The fraction of sp³-hybridized carbons (Fsp3) is 0.565. The van der Waals surface area contributed by atoms with Crippen LogP contribution in [0, 0.1) is 5.41 Å². The van der Waals surface area contributed by atoms with E-state index in [0.717, 1.165) is 24.6 Å². The van der Waals surface area contributed by atoms with Gasteiger partial charge in [0.15, 0.2) is 5.76 Å². The number of carbonyl (C=O) groups is 2. The third-order valence-corrected chi connectivity index (χ3v) is 5.37. The number of amides is 1. The molecule has 0 spiro atoms. The number of rotatable bonds is 9. The Bertz CT molecular complexity index is 859. The van der Waals surface area contributed by atoms with Crippen LogP contribution in [0.15, 0.2) is 22.6 Å². The summed E-state index contributed by atoms with van der Waals surface area (Å²) in [6.45, 7) is 9.66. The Kier molecular flexibility index (Phi) is 6.58. The second-order valence-corrected chi connectivity index (χ2v) is 8.55. The summed E-state index contributed by atoms with van der Waals surface area (Å²) < 4.78 is 11.4. The molecule has 0 aliphatic carbocycles. The van der Waals surface area contributed by atoms with Crippen LogP contribution in [-0.4, -0.2) is 18.8 Å². The number of nitrogens with two attached hydrogens (primary N) is 1. The average Bonchev–Trinajstić information content (AvgIpc) is 3.02. The van der Waals surface area contributed by atoms with E-state index in [9.17, 15) is 9.59 Å². The Morgan fingerprint density at radius 1 is 1.11 bits per heavy atom. The highest BCUT2D eigenvalue weighted by Crippen LogP contribution is 2.44. The lowest BCUT2D eigenvalue weighted by Gasteiger charge is -2.31. The number of Topliss-reactive ketones (excluding diaryl/α,β-unsaturated/α-hetero) is 1. The summed E-state index contributed by atoms with van der Waals surface area (Å²) >= 11 is 0. The summed E-state index contributed by atoms with van der Waals surface area (Å²) in [6, 6.07) is 5.42. The molecule has 0 bridgehead atoms. The van der Waals surface area contributed by atoms with Gasteiger partial charge in [0.05, 0.1) is 12.5 Å². The van der Waals surface area contributed by atoms with Gasteiger partial charge in [-0.25, -0.2) is 0 Å². The maximum absolute atomic E-state index is 13.3. The highest BCUT2D eigenvalue weighted by Gasteiger charge is 2.44. The van der Waals surface area contributed by atoms with E-state index in [4.69, 9.17) is 14.9 Å². The normalized spacial score (nSPS) is 14.1. The van der Waals surface area contributed by atoms with E-state index in [2.05, 4.69) is 6.92 Å². The molecule has 0 fully saturated rings. The lowest BCUT2D eigenvalue weighted by atomic mass is 9.70. The summed E-state index contributed by atoms with van der Waals surface area (Å²) in [7, 11) is 1.59. The fourth-order valence-electron chi connectivity index (χ4n) is 3.83. The number of ketones is 1. The monoisotopic (exact) mass is 387 g/mol. The number of benzene rings is 1. The number of fused-ring (bicyclic) bond motifs is 1. The lowest BCUT2D eigenvalue weighted by Crippen LogP contribution is -2.42. The minimum Gasteiger partial charge on any atom is -0.497 e. The van der Waals surface area contributed by atoms with Gasteiger partial charge in [0, 0.05) is 16.4 Å². The van der Waals surface area contributed by atoms with Crippen molar-refractivity contribution in [3.8, 4) is 5.75 Å². The first-order chi connectivity index (χ1) is 13.1. The number of hydrogen-bond donors (Lipinski definition) is 1. The zero-order valence-corrected chi connectivity index (χ0v) is 18.0. The Balaban J connectivity index is 2.92. The van der Waals surface area contributed by atoms with Crippen molar-refractivity contribution in [2.45, 2.75) is 72.1 Å². The number of carbonyl (C=O) groups excluding carboxylic acids is 2. The minimum absolute atomic E-state index is 0.129. The van der Waals surface area contributed by atoms with Gasteiger partial charge in [-0.1, -0.05) is 53.9 Å². The molecule has 0 aliphatic rings. The molecule has 2 aromatic rings. The van der Waals surface area contributed by atoms with Crippen molar-refractivity contribution in [2.75, 3.05) is 7.11 Å². The van der Waals surface area contributed by atoms with Gasteiger partial charge in [-0.15, -0.1) is 0 Å². The third kappa shape index (κ3) is 3.94. The molecule has 1 aromatic carbocycles. The molecule has 0 aliphatic heterocycles. The van der Waals surface area contributed by atoms with Crippen LogP contribution in [0.3, 0.4) is 0 Å². The molecular formula is C23H33NO4. The second-order valence-electron chi connectivity index (χ2n) is 8.55. The molecule has 0 saturated carbocycles. The predicted octanol–water partition coefficient (Wildman–Crippen LogP) is 5.38. The van der Waals surface area contributed by atoms with Crippen LogP contribution in [0.5, 0.6) is 5.75 Å². The largest absolute Gasteiger partial charge is 0.497 e. The summed E-state index contributed by atoms with van der Waals surface area (Å²) in [6.07, 6.45) is 3.69. The first-order valence-corrected chi connectivity index (χ1v) is 10.1. The van der Waals surface area contributed by atoms with Gasteiger partial charge in [-0.05, 0) is 31.0 Å². The quantitative estimate of drug-likeness (QED) is 0.585. The number of primary amides is 1. The van der Waals surface area contributed by atoms with E-state index in [1.165, 1.54) is 0 Å². The number of unbranched alkanes of at least 4 members (excludes halogenated alkanes) is 1. The topological polar surface area (TPSA) is 82.5 Å². The highest BCUT2D eigenvalue weighted by molar-refractivity contribution is 6.06. The van der Waals surface area contributed by atoms with Crippen LogP contribution in [0.2, 0.25) is 0 Å². The molecular weight excluding hydrogens is 354 g/mol. The fourth-order valence-corrected chi connectivity index (χ4v) is 3.83. The molecule has 2 N–H and O–H groups in total. The van der Waals surface area contributed by atoms with Crippen LogP contribution >= 0.6 is 0 Å². The maximum atomic E-state index is 13.3. The molecule has 1 heterocycles. The van der Waals surface area contributed by atoms with Gasteiger partial charge in [0.25, 0.3) is 0 Å². The zero-order valence-electron chi connectivity index (χ0n) is 18.0. The standard InChI is InChI=1S/C23H33NO4/c1-7-9-13-23(12-8-2,21(24)26)18-16-14-15(27-6)10-11-17(16)28-19(18)20(25)22(3,4)5/h10-11,14H,7-9,12-13H2,1-6H3,(H2,24,26). The van der Waals surface area contributed by atoms with E-state index in [-0.39, 0.29) is 11.5 Å². The number of hydrogen-bond acceptors (Lipinski definition) is 4. The van der Waals surface area contributed by atoms with E-state index in [1.54, 1.807) is 19.2 Å². The summed E-state index contributed by atoms with van der Waals surface area (Å²) in [5, 5.41) is 0.732. The minimum atomic E-state index is -0.946. The van der Waals surface area contributed by atoms with Crippen molar-refractivity contribution in [1.29, 1.82) is 0 Å². The smallest absolute Gasteiger partial charge is 0.228 e. The van der Waals surface area contributed by atoms with Crippen molar-refractivity contribution in [3.05, 3.63) is 29.5 Å². The molecule has 28 heavy (non-hydrogen) atoms. The molecule has 1 amide bonds. The van der Waals surface area contributed by atoms with E-state index in [0.29, 0.717) is 29.7 Å². The van der Waals surface area contributed by atoms with Crippen LogP contribution in [0.4, 0.5) is 0 Å². The molecule has 1 unspecified atom stereocenters. The Labute approximate surface area is 167 Å². The highest BCUT2D eigenvalue weighted by atomic mass is 16.5. The molecule has 0 radical (unpaired) electrons. The molecule has 1 aromatic heterocycles. The SMILES string of the molecule is CCCCC(CCC)(C(N)=O)c1c(C(=O)C(C)(C)C)oc2ccc(OC)cc12. The molecule has 2 rings (SSSR count). The van der Waals surface area contributed by atoms with Gasteiger partial charge in [0.1, 0.15) is 11.3 Å². The van der Waals surface area contributed by atoms with Crippen molar-refractivity contribution in [2.24, 2.45) is 11.1 Å². The molecule has 154 valence electrons. The van der Waals surface area contributed by atoms with E-state index < -0.39 is 16.7 Å². The molecule has 5 nitrogen and oxygen atoms in total. The molecule has 5 heteroatoms. The van der Waals surface area contributed by atoms with Gasteiger partial charge in [0.2, 0.25) is 11.7 Å². The number of ether oxygens (including phenoxy) is 1. The van der Waals surface area contributed by atoms with Gasteiger partial charge < -0.3 is 14.9 Å². The average molecular weight is 388 g/mol. The lowest BCUT2D eigenvalue weighted by molar-refractivity contribution is -0.124. The van der Waals surface area contributed by atoms with Crippen LogP contribution in [-0.2, 0) is 10.2 Å². The summed E-state index contributed by atoms with van der Waals surface area (Å²) in [5.41, 5.74) is 5.61. The van der Waals surface area contributed by atoms with Crippen LogP contribution in [0.1, 0.15) is 82.8 Å². The van der Waals surface area contributed by atoms with Crippen molar-refractivity contribution in [1.82, 2.24) is 0 Å². The summed E-state index contributed by atoms with van der Waals surface area (Å²) in [5.74, 6) is 0.362. The van der Waals surface area contributed by atoms with Crippen molar-refractivity contribution in [3.63, 3.8) is 0 Å². The first kappa shape index (κ1) is 22.0. The Morgan fingerprint density at radius 2 is 1.79 bits per heavy atom. The summed E-state index contributed by atoms with van der Waals surface area (Å²) in [4.78, 5) is 26.2. The van der Waals surface area contributed by atoms with Gasteiger partial charge >= 0.3 is 0 Å². The predicted molar refractivity (Wildman–Crippen MR) is 112 cm³/mol.